The molecule has 0 amide bonds. The molecule has 7 nitrogen and oxygen atoms in total. The van der Waals surface area contributed by atoms with E-state index in [-0.39, 0.29) is 29.2 Å². The summed E-state index contributed by atoms with van der Waals surface area (Å²) in [4.78, 5) is 28.8. The van der Waals surface area contributed by atoms with Gasteiger partial charge in [-0.15, -0.1) is 0 Å². The van der Waals surface area contributed by atoms with E-state index >= 15 is 0 Å². The zero-order valence-corrected chi connectivity index (χ0v) is 18.0. The van der Waals surface area contributed by atoms with Crippen LogP contribution in [-0.4, -0.2) is 30.8 Å². The highest BCUT2D eigenvalue weighted by molar-refractivity contribution is 6.30. The molecule has 0 aliphatic carbocycles. The van der Waals surface area contributed by atoms with Crippen molar-refractivity contribution >= 4 is 22.8 Å². The molecule has 3 rings (SSSR count). The maximum absolute atomic E-state index is 12.5. The minimum atomic E-state index is -0.367. The van der Waals surface area contributed by atoms with E-state index in [0.717, 1.165) is 22.6 Å². The highest BCUT2D eigenvalue weighted by atomic mass is 35.5. The zero-order valence-electron chi connectivity index (χ0n) is 16.4. The van der Waals surface area contributed by atoms with E-state index < -0.39 is 0 Å². The molecule has 0 radical (unpaired) electrons. The third-order valence-corrected chi connectivity index (χ3v) is 5.11. The fourth-order valence-electron chi connectivity index (χ4n) is 3.36. The van der Waals surface area contributed by atoms with Gasteiger partial charge in [0.2, 0.25) is 0 Å². The summed E-state index contributed by atoms with van der Waals surface area (Å²) in [6.45, 7) is 5.80. The number of hydrogen-bond donors (Lipinski definition) is 1. The van der Waals surface area contributed by atoms with Gasteiger partial charge in [0.25, 0.3) is 5.56 Å². The number of fused-ring (bicyclic) bond motifs is 1. The molecule has 0 aliphatic heterocycles. The Morgan fingerprint density at radius 3 is 2.39 bits per heavy atom. The third kappa shape index (κ3) is 4.48. The van der Waals surface area contributed by atoms with Gasteiger partial charge in [-0.1, -0.05) is 23.7 Å². The number of aromatic nitrogens is 4. The molecule has 0 fully saturated rings. The predicted molar refractivity (Wildman–Crippen MR) is 106 cm³/mol. The molecule has 0 atom stereocenters. The lowest BCUT2D eigenvalue weighted by atomic mass is 9.95. The minimum absolute atomic E-state index is 0. The number of halogens is 2. The standard InChI is InChI=1S/C19H24ClN5O2.ClH/c1-19(2,11-13-5-7-14(20)8-6-13)22-9-10-25-12-21-16-15(25)17(26)24(4)18(27)23(16)3;/h5-8,12,22H,9-11H2,1-4H3;1H. The number of quaternary nitrogens is 1. The van der Waals surface area contributed by atoms with Gasteiger partial charge in [-0.05, 0) is 31.5 Å². The van der Waals surface area contributed by atoms with Gasteiger partial charge in [0.1, 0.15) is 0 Å². The predicted octanol–water partition coefficient (Wildman–Crippen LogP) is -2.32. The van der Waals surface area contributed by atoms with Gasteiger partial charge in [-0.3, -0.25) is 13.9 Å². The van der Waals surface area contributed by atoms with Crippen LogP contribution in [0.25, 0.3) is 11.2 Å². The molecular formula is C19H25Cl2N5O2. The average Bonchev–Trinajstić information content (AvgIpc) is 3.04. The number of hydrogen-bond acceptors (Lipinski definition) is 3. The molecule has 9 heteroatoms. The number of rotatable bonds is 6. The van der Waals surface area contributed by atoms with Crippen LogP contribution in [0.1, 0.15) is 19.4 Å². The number of aryl methyl sites for hydroxylation is 1. The van der Waals surface area contributed by atoms with Crippen LogP contribution in [0.5, 0.6) is 0 Å². The Bertz CT molecular complexity index is 1080. The van der Waals surface area contributed by atoms with E-state index in [0.29, 0.717) is 17.7 Å². The van der Waals surface area contributed by atoms with Crippen molar-refractivity contribution in [2.75, 3.05) is 6.54 Å². The smallest absolute Gasteiger partial charge is 0.332 e. The van der Waals surface area contributed by atoms with Crippen molar-refractivity contribution in [3.63, 3.8) is 0 Å². The summed E-state index contributed by atoms with van der Waals surface area (Å²) in [5.41, 5.74) is 1.44. The molecule has 0 bridgehead atoms. The molecule has 3 aromatic rings. The first kappa shape index (κ1) is 22.2. The SMILES string of the molecule is Cn1c(=O)c2c(ncn2CC[NH2+]C(C)(C)Cc2ccc(Cl)cc2)n(C)c1=O.[Cl-]. The van der Waals surface area contributed by atoms with E-state index in [4.69, 9.17) is 11.6 Å². The summed E-state index contributed by atoms with van der Waals surface area (Å²) in [7, 11) is 3.12. The maximum Gasteiger partial charge on any atom is 0.332 e. The van der Waals surface area contributed by atoms with Crippen LogP contribution in [0, 0.1) is 0 Å². The second-order valence-corrected chi connectivity index (χ2v) is 8.04. The molecule has 1 aromatic carbocycles. The molecular weight excluding hydrogens is 401 g/mol. The Balaban J connectivity index is 0.00000280. The van der Waals surface area contributed by atoms with Crippen molar-refractivity contribution in [3.8, 4) is 0 Å². The highest BCUT2D eigenvalue weighted by Crippen LogP contribution is 2.13. The molecule has 2 aromatic heterocycles. The summed E-state index contributed by atoms with van der Waals surface area (Å²) in [6.07, 6.45) is 2.54. The maximum atomic E-state index is 12.5. The van der Waals surface area contributed by atoms with Crippen LogP contribution in [-0.2, 0) is 27.1 Å². The molecule has 0 saturated heterocycles. The minimum Gasteiger partial charge on any atom is -1.00 e. The van der Waals surface area contributed by atoms with Crippen LogP contribution >= 0.6 is 11.6 Å². The first-order valence-electron chi connectivity index (χ1n) is 8.89. The first-order valence-corrected chi connectivity index (χ1v) is 9.27. The molecule has 2 heterocycles. The Kier molecular flexibility index (Phi) is 6.75. The third-order valence-electron chi connectivity index (χ3n) is 4.86. The fraction of sp³-hybridized carbons (Fsp3) is 0.421. The van der Waals surface area contributed by atoms with Gasteiger partial charge in [0, 0.05) is 25.5 Å². The van der Waals surface area contributed by atoms with Gasteiger partial charge in [-0.2, -0.15) is 0 Å². The Morgan fingerprint density at radius 1 is 1.11 bits per heavy atom. The zero-order chi connectivity index (χ0) is 19.8. The number of benzene rings is 1. The fourth-order valence-corrected chi connectivity index (χ4v) is 3.49. The van der Waals surface area contributed by atoms with Crippen LogP contribution in [0.3, 0.4) is 0 Å². The Morgan fingerprint density at radius 2 is 1.75 bits per heavy atom. The Labute approximate surface area is 174 Å². The van der Waals surface area contributed by atoms with E-state index in [1.165, 1.54) is 17.2 Å². The second-order valence-electron chi connectivity index (χ2n) is 7.60. The number of imidazole rings is 1. The molecule has 2 N–H and O–H groups in total. The Hall–Kier alpha value is -2.09. The van der Waals surface area contributed by atoms with E-state index in [9.17, 15) is 9.59 Å². The molecule has 28 heavy (non-hydrogen) atoms. The van der Waals surface area contributed by atoms with E-state index in [1.54, 1.807) is 13.4 Å². The summed E-state index contributed by atoms with van der Waals surface area (Å²) in [6, 6.07) is 7.91. The van der Waals surface area contributed by atoms with Crippen molar-refractivity contribution < 1.29 is 17.7 Å². The lowest BCUT2D eigenvalue weighted by Crippen LogP contribution is -3.00. The molecule has 0 aliphatic rings. The van der Waals surface area contributed by atoms with Crippen molar-refractivity contribution in [3.05, 3.63) is 62.0 Å². The van der Waals surface area contributed by atoms with Crippen LogP contribution < -0.4 is 29.0 Å². The van der Waals surface area contributed by atoms with Gasteiger partial charge in [0.05, 0.1) is 25.0 Å². The largest absolute Gasteiger partial charge is 1.00 e. The lowest BCUT2D eigenvalue weighted by Gasteiger charge is -2.23. The lowest BCUT2D eigenvalue weighted by molar-refractivity contribution is -0.721. The van der Waals surface area contributed by atoms with Crippen molar-refractivity contribution in [2.45, 2.75) is 32.4 Å². The topological polar surface area (TPSA) is 78.4 Å². The van der Waals surface area contributed by atoms with Crippen LogP contribution in [0.4, 0.5) is 0 Å². The molecule has 152 valence electrons. The van der Waals surface area contributed by atoms with Gasteiger partial charge >= 0.3 is 5.69 Å². The average molecular weight is 426 g/mol. The van der Waals surface area contributed by atoms with Gasteiger partial charge in [-0.25, -0.2) is 9.78 Å². The van der Waals surface area contributed by atoms with E-state index in [2.05, 4.69) is 24.1 Å². The van der Waals surface area contributed by atoms with Gasteiger partial charge < -0.3 is 22.3 Å². The molecule has 0 unspecified atom stereocenters. The summed E-state index contributed by atoms with van der Waals surface area (Å²) >= 11 is 5.95. The molecule has 0 spiro atoms. The second kappa shape index (κ2) is 8.51. The van der Waals surface area contributed by atoms with Crippen molar-refractivity contribution in [1.82, 2.24) is 18.7 Å². The van der Waals surface area contributed by atoms with Crippen molar-refractivity contribution in [2.24, 2.45) is 14.1 Å². The van der Waals surface area contributed by atoms with Crippen LogP contribution in [0.2, 0.25) is 5.02 Å². The highest BCUT2D eigenvalue weighted by Gasteiger charge is 2.22. The first-order chi connectivity index (χ1) is 12.7. The summed E-state index contributed by atoms with van der Waals surface area (Å²) < 4.78 is 4.35. The van der Waals surface area contributed by atoms with Crippen LogP contribution in [0.15, 0.2) is 40.2 Å². The number of nitrogens with zero attached hydrogens (tertiary/aromatic N) is 4. The van der Waals surface area contributed by atoms with Gasteiger partial charge in [0.15, 0.2) is 11.2 Å². The van der Waals surface area contributed by atoms with E-state index in [1.807, 2.05) is 28.8 Å². The monoisotopic (exact) mass is 425 g/mol. The number of nitrogens with two attached hydrogens (primary N) is 1. The molecule has 0 saturated carbocycles. The summed E-state index contributed by atoms with van der Waals surface area (Å²) in [5, 5.41) is 3.00. The summed E-state index contributed by atoms with van der Waals surface area (Å²) in [5.74, 6) is 0. The van der Waals surface area contributed by atoms with Crippen molar-refractivity contribution in [1.29, 1.82) is 0 Å². The normalized spacial score (nSPS) is 11.6. The quantitative estimate of drug-likeness (QED) is 0.481.